The summed E-state index contributed by atoms with van der Waals surface area (Å²) < 4.78 is 1.52. The molecule has 0 spiro atoms. The van der Waals surface area contributed by atoms with Crippen LogP contribution in [0.3, 0.4) is 0 Å². The molecule has 0 fully saturated rings. The second-order valence-corrected chi connectivity index (χ2v) is 7.10. The van der Waals surface area contributed by atoms with Crippen molar-refractivity contribution in [2.45, 2.75) is 6.92 Å². The van der Waals surface area contributed by atoms with E-state index in [4.69, 9.17) is 5.11 Å². The monoisotopic (exact) mass is 417 g/mol. The molecule has 0 saturated carbocycles. The maximum atomic E-state index is 12.2. The summed E-state index contributed by atoms with van der Waals surface area (Å²) >= 11 is 7.85. The molecule has 7 heteroatoms. The summed E-state index contributed by atoms with van der Waals surface area (Å²) in [7, 11) is 0. The number of halogens is 2. The second-order valence-electron chi connectivity index (χ2n) is 4.02. The third kappa shape index (κ3) is 3.47. The molecule has 0 unspecified atom stereocenters. The van der Waals surface area contributed by atoms with Crippen molar-refractivity contribution in [3.63, 3.8) is 0 Å². The number of aromatic carboxylic acids is 1. The standard InChI is InChI=1S/C13H9Br2NO3S/c1-6-2-10(13(18)19)12(20-6)16-11(17)7-3-8(14)5-9(15)4-7/h2-5H,1H3,(H,16,17)(H,18,19). The van der Waals surface area contributed by atoms with Gasteiger partial charge in [0.2, 0.25) is 0 Å². The van der Waals surface area contributed by atoms with E-state index in [0.717, 1.165) is 13.8 Å². The molecule has 1 heterocycles. The molecule has 104 valence electrons. The van der Waals surface area contributed by atoms with Crippen LogP contribution in [0.4, 0.5) is 5.00 Å². The summed E-state index contributed by atoms with van der Waals surface area (Å²) in [4.78, 5) is 24.1. The lowest BCUT2D eigenvalue weighted by Gasteiger charge is -2.05. The van der Waals surface area contributed by atoms with Gasteiger partial charge in [-0.15, -0.1) is 11.3 Å². The van der Waals surface area contributed by atoms with Crippen LogP contribution in [0.5, 0.6) is 0 Å². The average Bonchev–Trinajstić information content (AvgIpc) is 2.69. The number of benzene rings is 1. The minimum Gasteiger partial charge on any atom is -0.478 e. The van der Waals surface area contributed by atoms with Gasteiger partial charge >= 0.3 is 5.97 Å². The molecular weight excluding hydrogens is 410 g/mol. The molecule has 0 saturated heterocycles. The third-order valence-electron chi connectivity index (χ3n) is 2.44. The molecule has 2 rings (SSSR count). The number of amides is 1. The minimum atomic E-state index is -1.06. The predicted molar refractivity (Wildman–Crippen MR) is 85.8 cm³/mol. The first-order chi connectivity index (χ1) is 9.36. The quantitative estimate of drug-likeness (QED) is 0.769. The maximum absolute atomic E-state index is 12.2. The number of nitrogens with one attached hydrogen (secondary N) is 1. The van der Waals surface area contributed by atoms with Gasteiger partial charge in [-0.3, -0.25) is 4.79 Å². The second kappa shape index (κ2) is 6.07. The van der Waals surface area contributed by atoms with Crippen LogP contribution < -0.4 is 5.32 Å². The van der Waals surface area contributed by atoms with Crippen molar-refractivity contribution in [3.8, 4) is 0 Å². The number of hydrogen-bond acceptors (Lipinski definition) is 3. The average molecular weight is 419 g/mol. The van der Waals surface area contributed by atoms with Crippen molar-refractivity contribution in [3.05, 3.63) is 49.2 Å². The highest BCUT2D eigenvalue weighted by molar-refractivity contribution is 9.11. The topological polar surface area (TPSA) is 66.4 Å². The zero-order valence-corrected chi connectivity index (χ0v) is 14.2. The Morgan fingerprint density at radius 2 is 1.75 bits per heavy atom. The van der Waals surface area contributed by atoms with Crippen molar-refractivity contribution in [1.29, 1.82) is 0 Å². The molecule has 20 heavy (non-hydrogen) atoms. The molecule has 0 atom stereocenters. The van der Waals surface area contributed by atoms with E-state index in [1.807, 2.05) is 6.07 Å². The van der Waals surface area contributed by atoms with Gasteiger partial charge < -0.3 is 10.4 Å². The summed E-state index contributed by atoms with van der Waals surface area (Å²) in [6.07, 6.45) is 0. The molecule has 0 aliphatic rings. The van der Waals surface area contributed by atoms with Gasteiger partial charge in [0, 0.05) is 19.4 Å². The van der Waals surface area contributed by atoms with Gasteiger partial charge in [0.1, 0.15) is 5.00 Å². The SMILES string of the molecule is Cc1cc(C(=O)O)c(NC(=O)c2cc(Br)cc(Br)c2)s1. The maximum Gasteiger partial charge on any atom is 0.338 e. The normalized spacial score (nSPS) is 10.3. The Hall–Kier alpha value is -1.18. The van der Waals surface area contributed by atoms with Crippen molar-refractivity contribution >= 4 is 60.1 Å². The summed E-state index contributed by atoms with van der Waals surface area (Å²) in [5.74, 6) is -1.41. The highest BCUT2D eigenvalue weighted by Crippen LogP contribution is 2.28. The fourth-order valence-electron chi connectivity index (χ4n) is 1.63. The van der Waals surface area contributed by atoms with E-state index in [0.29, 0.717) is 10.6 Å². The van der Waals surface area contributed by atoms with E-state index < -0.39 is 5.97 Å². The molecule has 0 aliphatic heterocycles. The summed E-state index contributed by atoms with van der Waals surface area (Å²) in [5, 5.41) is 12.1. The Labute approximate surface area is 136 Å². The molecule has 0 aliphatic carbocycles. The van der Waals surface area contributed by atoms with Crippen molar-refractivity contribution in [2.24, 2.45) is 0 Å². The van der Waals surface area contributed by atoms with E-state index in [1.54, 1.807) is 25.1 Å². The highest BCUT2D eigenvalue weighted by atomic mass is 79.9. The van der Waals surface area contributed by atoms with Gasteiger partial charge in [-0.05, 0) is 31.2 Å². The van der Waals surface area contributed by atoms with E-state index >= 15 is 0 Å². The van der Waals surface area contributed by atoms with Crippen molar-refractivity contribution in [1.82, 2.24) is 0 Å². The van der Waals surface area contributed by atoms with Crippen LogP contribution in [0.1, 0.15) is 25.6 Å². The van der Waals surface area contributed by atoms with E-state index in [2.05, 4.69) is 37.2 Å². The van der Waals surface area contributed by atoms with Crippen LogP contribution in [0.15, 0.2) is 33.2 Å². The van der Waals surface area contributed by atoms with E-state index in [1.165, 1.54) is 11.3 Å². The van der Waals surface area contributed by atoms with Gasteiger partial charge in [0.25, 0.3) is 5.91 Å². The van der Waals surface area contributed by atoms with Crippen LogP contribution in [-0.2, 0) is 0 Å². The third-order valence-corrected chi connectivity index (χ3v) is 4.32. The lowest BCUT2D eigenvalue weighted by Crippen LogP contribution is -2.13. The number of anilines is 1. The minimum absolute atomic E-state index is 0.106. The lowest BCUT2D eigenvalue weighted by atomic mass is 10.2. The summed E-state index contributed by atoms with van der Waals surface area (Å²) in [6.45, 7) is 1.79. The summed E-state index contributed by atoms with van der Waals surface area (Å²) in [6, 6.07) is 6.69. The molecule has 1 amide bonds. The molecule has 2 N–H and O–H groups in total. The zero-order valence-electron chi connectivity index (χ0n) is 10.2. The smallest absolute Gasteiger partial charge is 0.338 e. The van der Waals surface area contributed by atoms with Gasteiger partial charge in [0.15, 0.2) is 0 Å². The Morgan fingerprint density at radius 3 is 2.30 bits per heavy atom. The first kappa shape index (κ1) is 15.2. The molecular formula is C13H9Br2NO3S. The molecule has 2 aromatic rings. The van der Waals surface area contributed by atoms with Gasteiger partial charge in [-0.2, -0.15) is 0 Å². The number of aryl methyl sites for hydroxylation is 1. The van der Waals surface area contributed by atoms with Crippen LogP contribution >= 0.6 is 43.2 Å². The Balaban J connectivity index is 2.30. The number of rotatable bonds is 3. The number of thiophene rings is 1. The van der Waals surface area contributed by atoms with Crippen LogP contribution in [0.2, 0.25) is 0 Å². The number of carboxylic acids is 1. The number of carbonyl (C=O) groups is 2. The van der Waals surface area contributed by atoms with Crippen LogP contribution in [0.25, 0.3) is 0 Å². The molecule has 4 nitrogen and oxygen atoms in total. The lowest BCUT2D eigenvalue weighted by molar-refractivity contribution is 0.0698. The first-order valence-electron chi connectivity index (χ1n) is 5.48. The summed E-state index contributed by atoms with van der Waals surface area (Å²) in [5.41, 5.74) is 0.545. The predicted octanol–water partition coefficient (Wildman–Crippen LogP) is 4.53. The Kier molecular flexibility index (Phi) is 4.62. The largest absolute Gasteiger partial charge is 0.478 e. The van der Waals surface area contributed by atoms with Crippen molar-refractivity contribution < 1.29 is 14.7 Å². The van der Waals surface area contributed by atoms with Gasteiger partial charge in [-0.1, -0.05) is 31.9 Å². The van der Waals surface area contributed by atoms with Crippen LogP contribution in [-0.4, -0.2) is 17.0 Å². The van der Waals surface area contributed by atoms with Crippen LogP contribution in [0, 0.1) is 6.92 Å². The zero-order chi connectivity index (χ0) is 14.9. The number of carboxylic acid groups (broad SMARTS) is 1. The van der Waals surface area contributed by atoms with Crippen molar-refractivity contribution in [2.75, 3.05) is 5.32 Å². The fourth-order valence-corrected chi connectivity index (χ4v) is 3.82. The van der Waals surface area contributed by atoms with Gasteiger partial charge in [0.05, 0.1) is 5.56 Å². The number of hydrogen-bond donors (Lipinski definition) is 2. The first-order valence-corrected chi connectivity index (χ1v) is 7.88. The molecule has 0 bridgehead atoms. The van der Waals surface area contributed by atoms with Gasteiger partial charge in [-0.25, -0.2) is 4.79 Å². The fraction of sp³-hybridized carbons (Fsp3) is 0.0769. The Bertz CT molecular complexity index is 677. The molecule has 0 radical (unpaired) electrons. The Morgan fingerprint density at radius 1 is 1.15 bits per heavy atom. The van der Waals surface area contributed by atoms with E-state index in [9.17, 15) is 9.59 Å². The molecule has 1 aromatic carbocycles. The van der Waals surface area contributed by atoms with E-state index in [-0.39, 0.29) is 11.5 Å². The molecule has 1 aromatic heterocycles. The number of carbonyl (C=O) groups excluding carboxylic acids is 1. The highest BCUT2D eigenvalue weighted by Gasteiger charge is 2.17.